The maximum absolute atomic E-state index is 12.6. The van der Waals surface area contributed by atoms with Crippen molar-refractivity contribution in [1.29, 1.82) is 0 Å². The summed E-state index contributed by atoms with van der Waals surface area (Å²) in [4.78, 5) is 23.1. The van der Waals surface area contributed by atoms with E-state index in [9.17, 15) is 4.79 Å². The maximum Gasteiger partial charge on any atom is 0.293 e. The number of amides is 1. The summed E-state index contributed by atoms with van der Waals surface area (Å²) in [6, 6.07) is 7.39. The van der Waals surface area contributed by atoms with Gasteiger partial charge in [-0.15, -0.1) is 10.2 Å². The number of para-hydroxylation sites is 1. The molecule has 1 fully saturated rings. The van der Waals surface area contributed by atoms with Gasteiger partial charge in [0.05, 0.1) is 5.52 Å². The van der Waals surface area contributed by atoms with Crippen molar-refractivity contribution in [2.45, 2.75) is 32.1 Å². The van der Waals surface area contributed by atoms with Gasteiger partial charge in [-0.2, -0.15) is 4.98 Å². The molecule has 4 rings (SSSR count). The van der Waals surface area contributed by atoms with Gasteiger partial charge in [0, 0.05) is 25.4 Å². The number of aryl methyl sites for hydroxylation is 1. The van der Waals surface area contributed by atoms with Gasteiger partial charge in [-0.05, 0) is 25.0 Å². The van der Waals surface area contributed by atoms with E-state index in [-0.39, 0.29) is 17.6 Å². The number of benzene rings is 1. The summed E-state index contributed by atoms with van der Waals surface area (Å²) in [5.74, 6) is 1.56. The molecule has 1 aliphatic heterocycles. The normalized spacial score (nSPS) is 15.6. The minimum absolute atomic E-state index is 0.142. The predicted octanol–water partition coefficient (Wildman–Crippen LogP) is 1.99. The van der Waals surface area contributed by atoms with Crippen molar-refractivity contribution in [1.82, 2.24) is 30.2 Å². The zero-order chi connectivity index (χ0) is 17.2. The number of hydrogen-bond acceptors (Lipinski definition) is 7. The molecule has 0 N–H and O–H groups in total. The summed E-state index contributed by atoms with van der Waals surface area (Å²) in [5, 5.41) is 12.0. The Hall–Kier alpha value is -2.90. The van der Waals surface area contributed by atoms with Gasteiger partial charge in [-0.25, -0.2) is 4.98 Å². The Labute approximate surface area is 144 Å². The van der Waals surface area contributed by atoms with Gasteiger partial charge in [0.15, 0.2) is 5.82 Å². The number of carbonyl (C=O) groups excluding carboxylic acids is 1. The van der Waals surface area contributed by atoms with Crippen molar-refractivity contribution in [2.24, 2.45) is 0 Å². The molecule has 3 aromatic rings. The van der Waals surface area contributed by atoms with E-state index in [0.29, 0.717) is 30.0 Å². The third-order valence-electron chi connectivity index (χ3n) is 4.48. The SMILES string of the molecule is CCc1noc(C2CCN(C(=O)c3nnc4ccccc4n3)CC2)n1. The Morgan fingerprint density at radius 1 is 1.16 bits per heavy atom. The van der Waals surface area contributed by atoms with Crippen LogP contribution in [0.3, 0.4) is 0 Å². The number of aromatic nitrogens is 5. The van der Waals surface area contributed by atoms with Crippen LogP contribution in [-0.2, 0) is 6.42 Å². The first-order valence-corrected chi connectivity index (χ1v) is 8.46. The molecule has 0 radical (unpaired) electrons. The van der Waals surface area contributed by atoms with E-state index in [1.54, 1.807) is 4.90 Å². The quantitative estimate of drug-likeness (QED) is 0.720. The molecule has 0 saturated carbocycles. The third kappa shape index (κ3) is 3.07. The van der Waals surface area contributed by atoms with E-state index in [4.69, 9.17) is 4.52 Å². The number of fused-ring (bicyclic) bond motifs is 1. The highest BCUT2D eigenvalue weighted by atomic mass is 16.5. The lowest BCUT2D eigenvalue weighted by Gasteiger charge is -2.29. The smallest absolute Gasteiger partial charge is 0.293 e. The van der Waals surface area contributed by atoms with Crippen molar-refractivity contribution in [2.75, 3.05) is 13.1 Å². The molecule has 1 aliphatic rings. The van der Waals surface area contributed by atoms with E-state index in [0.717, 1.165) is 25.1 Å². The highest BCUT2D eigenvalue weighted by Crippen LogP contribution is 2.27. The fourth-order valence-electron chi connectivity index (χ4n) is 3.02. The zero-order valence-electron chi connectivity index (χ0n) is 13.9. The van der Waals surface area contributed by atoms with Gasteiger partial charge >= 0.3 is 0 Å². The van der Waals surface area contributed by atoms with E-state index in [2.05, 4.69) is 25.3 Å². The molecule has 2 aromatic heterocycles. The molecule has 8 nitrogen and oxygen atoms in total. The molecule has 8 heteroatoms. The van der Waals surface area contributed by atoms with Gasteiger partial charge in [0.2, 0.25) is 11.7 Å². The van der Waals surface area contributed by atoms with Crippen LogP contribution in [0, 0.1) is 0 Å². The van der Waals surface area contributed by atoms with Gasteiger partial charge in [0.1, 0.15) is 5.52 Å². The first-order chi connectivity index (χ1) is 12.2. The number of hydrogen-bond donors (Lipinski definition) is 0. The summed E-state index contributed by atoms with van der Waals surface area (Å²) in [6.45, 7) is 3.22. The summed E-state index contributed by atoms with van der Waals surface area (Å²) in [7, 11) is 0. The van der Waals surface area contributed by atoms with Crippen LogP contribution in [0.5, 0.6) is 0 Å². The van der Waals surface area contributed by atoms with Gasteiger partial charge < -0.3 is 9.42 Å². The van der Waals surface area contributed by atoms with Crippen LogP contribution in [0.25, 0.3) is 11.0 Å². The summed E-state index contributed by atoms with van der Waals surface area (Å²) in [6.07, 6.45) is 2.34. The van der Waals surface area contributed by atoms with E-state index < -0.39 is 0 Å². The maximum atomic E-state index is 12.6. The number of carbonyl (C=O) groups is 1. The molecule has 0 aliphatic carbocycles. The molecule has 0 atom stereocenters. The van der Waals surface area contributed by atoms with E-state index in [1.807, 2.05) is 31.2 Å². The van der Waals surface area contributed by atoms with Crippen molar-refractivity contribution >= 4 is 16.9 Å². The first-order valence-electron chi connectivity index (χ1n) is 8.46. The van der Waals surface area contributed by atoms with Gasteiger partial charge in [-0.3, -0.25) is 4.79 Å². The summed E-state index contributed by atoms with van der Waals surface area (Å²) < 4.78 is 5.32. The molecular formula is C17H18N6O2. The summed E-state index contributed by atoms with van der Waals surface area (Å²) >= 11 is 0. The molecule has 128 valence electrons. The number of piperidine rings is 1. The molecule has 1 amide bonds. The molecule has 0 spiro atoms. The van der Waals surface area contributed by atoms with Crippen LogP contribution in [0.15, 0.2) is 28.8 Å². The minimum atomic E-state index is -0.184. The van der Waals surface area contributed by atoms with Crippen LogP contribution >= 0.6 is 0 Å². The third-order valence-corrected chi connectivity index (χ3v) is 4.48. The number of rotatable bonds is 3. The second-order valence-electron chi connectivity index (χ2n) is 6.09. The van der Waals surface area contributed by atoms with Crippen LogP contribution in [-0.4, -0.2) is 49.2 Å². The van der Waals surface area contributed by atoms with Crippen LogP contribution in [0.2, 0.25) is 0 Å². The second-order valence-corrected chi connectivity index (χ2v) is 6.09. The molecular weight excluding hydrogens is 320 g/mol. The van der Waals surface area contributed by atoms with Crippen molar-refractivity contribution < 1.29 is 9.32 Å². The molecule has 1 saturated heterocycles. The van der Waals surface area contributed by atoms with Gasteiger partial charge in [0.25, 0.3) is 5.91 Å². The summed E-state index contributed by atoms with van der Waals surface area (Å²) in [5.41, 5.74) is 1.36. The topological polar surface area (TPSA) is 97.9 Å². The fraction of sp³-hybridized carbons (Fsp3) is 0.412. The Morgan fingerprint density at radius 3 is 2.64 bits per heavy atom. The lowest BCUT2D eigenvalue weighted by molar-refractivity contribution is 0.0691. The van der Waals surface area contributed by atoms with Gasteiger partial charge in [-0.1, -0.05) is 24.2 Å². The number of nitrogens with zero attached hydrogens (tertiary/aromatic N) is 6. The lowest BCUT2D eigenvalue weighted by atomic mass is 9.96. The molecule has 25 heavy (non-hydrogen) atoms. The lowest BCUT2D eigenvalue weighted by Crippen LogP contribution is -2.39. The van der Waals surface area contributed by atoms with Crippen molar-refractivity contribution in [3.63, 3.8) is 0 Å². The first kappa shape index (κ1) is 15.6. The largest absolute Gasteiger partial charge is 0.339 e. The Kier molecular flexibility index (Phi) is 4.09. The molecule has 3 heterocycles. The average Bonchev–Trinajstić information content (AvgIpc) is 3.16. The molecule has 0 bridgehead atoms. The van der Waals surface area contributed by atoms with E-state index >= 15 is 0 Å². The van der Waals surface area contributed by atoms with Crippen LogP contribution in [0.4, 0.5) is 0 Å². The van der Waals surface area contributed by atoms with Crippen LogP contribution in [0.1, 0.15) is 48.0 Å². The Balaban J connectivity index is 1.45. The second kappa shape index (κ2) is 6.54. The molecule has 0 unspecified atom stereocenters. The Morgan fingerprint density at radius 2 is 1.92 bits per heavy atom. The predicted molar refractivity (Wildman–Crippen MR) is 88.9 cm³/mol. The van der Waals surface area contributed by atoms with Crippen molar-refractivity contribution in [3.8, 4) is 0 Å². The minimum Gasteiger partial charge on any atom is -0.339 e. The Bertz CT molecular complexity index is 901. The number of likely N-dealkylation sites (tertiary alicyclic amines) is 1. The zero-order valence-corrected chi connectivity index (χ0v) is 13.9. The highest BCUT2D eigenvalue weighted by molar-refractivity contribution is 5.92. The van der Waals surface area contributed by atoms with Crippen LogP contribution < -0.4 is 0 Å². The molecule has 1 aromatic carbocycles. The standard InChI is InChI=1S/C17H18N6O2/c1-2-14-19-16(25-22-14)11-7-9-23(10-8-11)17(24)15-18-12-5-3-4-6-13(12)20-21-15/h3-6,11H,2,7-10H2,1H3. The average molecular weight is 338 g/mol. The monoisotopic (exact) mass is 338 g/mol. The van der Waals surface area contributed by atoms with E-state index in [1.165, 1.54) is 0 Å². The van der Waals surface area contributed by atoms with Crippen molar-refractivity contribution in [3.05, 3.63) is 41.8 Å². The highest BCUT2D eigenvalue weighted by Gasteiger charge is 2.29. The fourth-order valence-corrected chi connectivity index (χ4v) is 3.02.